The fourth-order valence-corrected chi connectivity index (χ4v) is 0.869. The van der Waals surface area contributed by atoms with Gasteiger partial charge in [-0.3, -0.25) is 4.79 Å². The average molecular weight is 205 g/mol. The van der Waals surface area contributed by atoms with Crippen LogP contribution in [0.25, 0.3) is 0 Å². The van der Waals surface area contributed by atoms with Gasteiger partial charge in [-0.2, -0.15) is 0 Å². The van der Waals surface area contributed by atoms with Crippen molar-refractivity contribution in [1.82, 2.24) is 0 Å². The fourth-order valence-electron chi connectivity index (χ4n) is 0.589. The summed E-state index contributed by atoms with van der Waals surface area (Å²) in [4.78, 5) is 10.7. The van der Waals surface area contributed by atoms with Gasteiger partial charge in [0.2, 0.25) is 0 Å². The molecular formula is C8H13BrO. The van der Waals surface area contributed by atoms with Gasteiger partial charge in [0.05, 0.1) is 5.33 Å². The van der Waals surface area contributed by atoms with Gasteiger partial charge >= 0.3 is 0 Å². The third-order valence-corrected chi connectivity index (χ3v) is 1.75. The highest BCUT2D eigenvalue weighted by atomic mass is 79.9. The van der Waals surface area contributed by atoms with Crippen LogP contribution in [0.4, 0.5) is 0 Å². The van der Waals surface area contributed by atoms with Crippen LogP contribution in [0.3, 0.4) is 0 Å². The second-order valence-corrected chi connectivity index (χ2v) is 3.05. The third kappa shape index (κ3) is 6.02. The van der Waals surface area contributed by atoms with Crippen LogP contribution < -0.4 is 0 Å². The maximum atomic E-state index is 10.7. The van der Waals surface area contributed by atoms with Crippen LogP contribution in [0, 0.1) is 0 Å². The molecular weight excluding hydrogens is 192 g/mol. The minimum atomic E-state index is 0.275. The first kappa shape index (κ1) is 9.89. The Morgan fingerprint density at radius 2 is 2.10 bits per heavy atom. The molecule has 0 unspecified atom stereocenters. The lowest BCUT2D eigenvalue weighted by Crippen LogP contribution is -1.96. The predicted molar refractivity (Wildman–Crippen MR) is 47.5 cm³/mol. The summed E-state index contributed by atoms with van der Waals surface area (Å²) in [6.45, 7) is 4.08. The number of ketones is 1. The highest BCUT2D eigenvalue weighted by molar-refractivity contribution is 9.09. The number of hydrogen-bond acceptors (Lipinski definition) is 1. The number of carbonyl (C=O) groups excluding carboxylic acids is 1. The van der Waals surface area contributed by atoms with Crippen molar-refractivity contribution < 1.29 is 4.79 Å². The van der Waals surface area contributed by atoms with Crippen molar-refractivity contribution in [1.29, 1.82) is 0 Å². The van der Waals surface area contributed by atoms with Crippen molar-refractivity contribution in [2.45, 2.75) is 26.7 Å². The van der Waals surface area contributed by atoms with Crippen LogP contribution >= 0.6 is 15.9 Å². The molecule has 0 N–H and O–H groups in total. The first-order valence-corrected chi connectivity index (χ1v) is 4.50. The van der Waals surface area contributed by atoms with Crippen LogP contribution in [0.15, 0.2) is 11.6 Å². The van der Waals surface area contributed by atoms with Gasteiger partial charge in [0, 0.05) is 6.42 Å². The molecule has 0 atom stereocenters. The molecule has 0 aromatic heterocycles. The standard InChI is InChI=1S/C8H13BrO/c1-7(2)4-3-5-8(10)6-9/h4H,3,5-6H2,1-2H3. The number of rotatable bonds is 4. The molecule has 0 amide bonds. The molecule has 0 aliphatic heterocycles. The summed E-state index contributed by atoms with van der Waals surface area (Å²) < 4.78 is 0. The van der Waals surface area contributed by atoms with E-state index in [1.54, 1.807) is 0 Å². The summed E-state index contributed by atoms with van der Waals surface area (Å²) in [6.07, 6.45) is 3.63. The monoisotopic (exact) mass is 204 g/mol. The predicted octanol–water partition coefficient (Wildman–Crippen LogP) is 2.70. The molecule has 2 heteroatoms. The largest absolute Gasteiger partial charge is 0.299 e. The summed E-state index contributed by atoms with van der Waals surface area (Å²) in [5.41, 5.74) is 1.28. The Bertz CT molecular complexity index is 134. The highest BCUT2D eigenvalue weighted by Crippen LogP contribution is 1.99. The normalized spacial score (nSPS) is 9.10. The molecule has 0 spiro atoms. The molecule has 0 rings (SSSR count). The molecule has 0 aromatic rings. The van der Waals surface area contributed by atoms with Crippen molar-refractivity contribution in [2.24, 2.45) is 0 Å². The van der Waals surface area contributed by atoms with Crippen LogP contribution in [0.5, 0.6) is 0 Å². The Hall–Kier alpha value is -0.110. The van der Waals surface area contributed by atoms with E-state index in [4.69, 9.17) is 0 Å². The number of carbonyl (C=O) groups is 1. The lowest BCUT2D eigenvalue weighted by atomic mass is 10.2. The van der Waals surface area contributed by atoms with E-state index in [-0.39, 0.29) is 5.78 Å². The summed E-state index contributed by atoms with van der Waals surface area (Å²) in [5.74, 6) is 0.275. The van der Waals surface area contributed by atoms with E-state index in [9.17, 15) is 4.79 Å². The van der Waals surface area contributed by atoms with Crippen molar-refractivity contribution in [2.75, 3.05) is 5.33 Å². The van der Waals surface area contributed by atoms with Crippen LogP contribution in [0.1, 0.15) is 26.7 Å². The van der Waals surface area contributed by atoms with E-state index < -0.39 is 0 Å². The Kier molecular flexibility index (Phi) is 5.60. The molecule has 0 aliphatic rings. The Labute approximate surface area is 70.6 Å². The van der Waals surface area contributed by atoms with E-state index >= 15 is 0 Å². The number of halogens is 1. The average Bonchev–Trinajstić information content (AvgIpc) is 1.87. The molecule has 58 valence electrons. The molecule has 0 saturated carbocycles. The van der Waals surface area contributed by atoms with Gasteiger partial charge in [-0.1, -0.05) is 27.6 Å². The van der Waals surface area contributed by atoms with Crippen LogP contribution in [-0.4, -0.2) is 11.1 Å². The van der Waals surface area contributed by atoms with Gasteiger partial charge in [0.1, 0.15) is 5.78 Å². The van der Waals surface area contributed by atoms with Crippen molar-refractivity contribution in [3.05, 3.63) is 11.6 Å². The van der Waals surface area contributed by atoms with Crippen molar-refractivity contribution >= 4 is 21.7 Å². The first-order chi connectivity index (χ1) is 4.66. The minimum Gasteiger partial charge on any atom is -0.299 e. The highest BCUT2D eigenvalue weighted by Gasteiger charge is 1.95. The lowest BCUT2D eigenvalue weighted by molar-refractivity contribution is -0.116. The Balaban J connectivity index is 3.37. The Morgan fingerprint density at radius 3 is 2.50 bits per heavy atom. The van der Waals surface area contributed by atoms with Crippen LogP contribution in [0.2, 0.25) is 0 Å². The molecule has 0 bridgehead atoms. The molecule has 10 heavy (non-hydrogen) atoms. The topological polar surface area (TPSA) is 17.1 Å². The molecule has 1 nitrogen and oxygen atoms in total. The molecule has 0 aliphatic carbocycles. The molecule has 0 radical (unpaired) electrons. The SMILES string of the molecule is CC(C)=CCCC(=O)CBr. The maximum Gasteiger partial charge on any atom is 0.143 e. The van der Waals surface area contributed by atoms with Crippen LogP contribution in [-0.2, 0) is 4.79 Å². The summed E-state index contributed by atoms with van der Waals surface area (Å²) in [5, 5.41) is 0.490. The molecule has 0 aromatic carbocycles. The van der Waals surface area contributed by atoms with Crippen molar-refractivity contribution in [3.8, 4) is 0 Å². The number of allylic oxidation sites excluding steroid dienone is 2. The van der Waals surface area contributed by atoms with Crippen molar-refractivity contribution in [3.63, 3.8) is 0 Å². The maximum absolute atomic E-state index is 10.7. The second kappa shape index (κ2) is 5.66. The molecule has 0 saturated heterocycles. The summed E-state index contributed by atoms with van der Waals surface area (Å²) >= 11 is 3.11. The minimum absolute atomic E-state index is 0.275. The Morgan fingerprint density at radius 1 is 1.50 bits per heavy atom. The van der Waals surface area contributed by atoms with E-state index in [1.807, 2.05) is 13.8 Å². The lowest BCUT2D eigenvalue weighted by Gasteiger charge is -1.91. The molecule has 0 heterocycles. The zero-order valence-corrected chi connectivity index (χ0v) is 8.07. The van der Waals surface area contributed by atoms with Gasteiger partial charge in [-0.25, -0.2) is 0 Å². The first-order valence-electron chi connectivity index (χ1n) is 3.38. The smallest absolute Gasteiger partial charge is 0.143 e. The van der Waals surface area contributed by atoms with Gasteiger partial charge in [0.15, 0.2) is 0 Å². The number of hydrogen-bond donors (Lipinski definition) is 0. The number of Topliss-reactive ketones (excluding diaryl/α,β-unsaturated/α-hetero) is 1. The van der Waals surface area contributed by atoms with E-state index in [2.05, 4.69) is 22.0 Å². The van der Waals surface area contributed by atoms with Gasteiger partial charge < -0.3 is 0 Å². The van der Waals surface area contributed by atoms with Gasteiger partial charge in [0.25, 0.3) is 0 Å². The zero-order chi connectivity index (χ0) is 7.98. The summed E-state index contributed by atoms with van der Waals surface area (Å²) in [6, 6.07) is 0. The number of alkyl halides is 1. The third-order valence-electron chi connectivity index (χ3n) is 1.12. The zero-order valence-electron chi connectivity index (χ0n) is 6.48. The van der Waals surface area contributed by atoms with Gasteiger partial charge in [-0.15, -0.1) is 0 Å². The quantitative estimate of drug-likeness (QED) is 0.509. The summed E-state index contributed by atoms with van der Waals surface area (Å²) in [7, 11) is 0. The fraction of sp³-hybridized carbons (Fsp3) is 0.625. The van der Waals surface area contributed by atoms with E-state index in [1.165, 1.54) is 5.57 Å². The molecule has 0 fully saturated rings. The van der Waals surface area contributed by atoms with Gasteiger partial charge in [-0.05, 0) is 20.3 Å². The second-order valence-electron chi connectivity index (χ2n) is 2.49. The van der Waals surface area contributed by atoms with E-state index in [0.29, 0.717) is 11.8 Å². The van der Waals surface area contributed by atoms with E-state index in [0.717, 1.165) is 6.42 Å².